The van der Waals surface area contributed by atoms with E-state index in [0.29, 0.717) is 0 Å². The van der Waals surface area contributed by atoms with Crippen molar-refractivity contribution < 1.29 is 84.7 Å². The molecule has 10 heteroatoms. The Morgan fingerprint density at radius 1 is 0.538 bits per heavy atom. The predicted octanol–water partition coefficient (Wildman–Crippen LogP) is -2.32. The van der Waals surface area contributed by atoms with Crippen molar-refractivity contribution >= 4 is 17.3 Å². The van der Waals surface area contributed by atoms with Crippen LogP contribution in [0.1, 0.15) is 49.0 Å². The first-order chi connectivity index (χ1) is 9.38. The van der Waals surface area contributed by atoms with Crippen LogP contribution in [-0.2, 0) is 14.4 Å². The number of ketones is 3. The predicted molar refractivity (Wildman–Crippen MR) is 90.9 cm³/mol. The number of allylic oxidation sites excluding steroid dienone is 6. The van der Waals surface area contributed by atoms with Crippen molar-refractivity contribution in [1.82, 2.24) is 0 Å². The van der Waals surface area contributed by atoms with Gasteiger partial charge in [-0.2, -0.15) is 0 Å². The van der Waals surface area contributed by atoms with Crippen molar-refractivity contribution in [3.63, 3.8) is 0 Å². The van der Waals surface area contributed by atoms with Crippen LogP contribution in [0, 0.1) is 38.6 Å². The van der Waals surface area contributed by atoms with Gasteiger partial charge in [0.15, 0.2) is 17.3 Å². The third-order valence-corrected chi connectivity index (χ3v) is 1.22. The Morgan fingerprint density at radius 2 is 0.654 bits per heavy atom. The summed E-state index contributed by atoms with van der Waals surface area (Å²) in [6.45, 7) is 8.09. The molecule has 0 aliphatic heterocycles. The fraction of sp³-hybridized carbons (Fsp3) is 0.438. The zero-order chi connectivity index (χ0) is 17.6. The van der Waals surface area contributed by atoms with Crippen molar-refractivity contribution in [3.05, 3.63) is 35.5 Å². The average molecular weight is 526 g/mol. The molecule has 0 radical (unpaired) electrons. The van der Waals surface area contributed by atoms with Crippen LogP contribution in [0.15, 0.2) is 35.5 Å². The van der Waals surface area contributed by atoms with Gasteiger partial charge >= 0.3 is 38.6 Å². The summed E-state index contributed by atoms with van der Waals surface area (Å²) in [5.74, 6) is -1.12. The van der Waals surface area contributed by atoms with E-state index in [9.17, 15) is 29.7 Å². The first-order valence-electron chi connectivity index (χ1n) is 5.96. The van der Waals surface area contributed by atoms with E-state index >= 15 is 0 Å². The third-order valence-electron chi connectivity index (χ3n) is 1.22. The summed E-state index contributed by atoms with van der Waals surface area (Å²) >= 11 is 0. The second-order valence-electron chi connectivity index (χ2n) is 4.10. The normalized spacial score (nSPS) is 9.23. The smallest absolute Gasteiger partial charge is 0.876 e. The van der Waals surface area contributed by atoms with Crippen molar-refractivity contribution in [3.8, 4) is 0 Å². The van der Waals surface area contributed by atoms with Gasteiger partial charge in [-0.25, -0.2) is 0 Å². The Balaban J connectivity index is -0.0000000284. The summed E-state index contributed by atoms with van der Waals surface area (Å²) < 4.78 is 0. The molecule has 0 saturated heterocycles. The Kier molecular flexibility index (Phi) is 60.4. The molecule has 26 heavy (non-hydrogen) atoms. The zero-order valence-electron chi connectivity index (χ0n) is 15.0. The van der Waals surface area contributed by atoms with Crippen LogP contribution < -0.4 is 15.3 Å². The second kappa shape index (κ2) is 31.6. The number of hydrogen-bond donors (Lipinski definition) is 0. The van der Waals surface area contributed by atoms with Gasteiger partial charge in [-0.3, -0.25) is 14.4 Å². The second-order valence-corrected chi connectivity index (χ2v) is 4.10. The zero-order valence-corrected chi connectivity index (χ0v) is 17.2. The summed E-state index contributed by atoms with van der Waals surface area (Å²) in [4.78, 5) is 29.9. The maximum absolute atomic E-state index is 9.98. The molecular formula is C16H31O9Tb. The molecule has 0 aliphatic carbocycles. The molecular weight excluding hydrogens is 495 g/mol. The van der Waals surface area contributed by atoms with Gasteiger partial charge in [-0.1, -0.05) is 28.2 Å². The SMILES string of the molecule is C.CC(=O)C=C(C)[O-].CC(=O)C=C(C)[O-].CC(=O)C=C(C)[O-].O.O.O.[Tb+3]. The van der Waals surface area contributed by atoms with Crippen LogP contribution in [0.4, 0.5) is 0 Å². The molecule has 0 aromatic carbocycles. The summed E-state index contributed by atoms with van der Waals surface area (Å²) in [7, 11) is 0. The van der Waals surface area contributed by atoms with Crippen LogP contribution >= 0.6 is 0 Å². The molecule has 0 amide bonds. The number of carbonyl (C=O) groups excluding carboxylic acids is 3. The minimum atomic E-state index is -0.187. The average Bonchev–Trinajstić information content (AvgIpc) is 2.10. The molecule has 0 atom stereocenters. The molecule has 0 aromatic rings. The minimum Gasteiger partial charge on any atom is -0.876 e. The Hall–Kier alpha value is -1.20. The fourth-order valence-corrected chi connectivity index (χ4v) is 0.859. The number of hydrogen-bond acceptors (Lipinski definition) is 6. The fourth-order valence-electron chi connectivity index (χ4n) is 0.859. The molecule has 0 unspecified atom stereocenters. The summed E-state index contributed by atoms with van der Waals surface area (Å²) in [6, 6.07) is 0. The minimum absolute atomic E-state index is 0. The first-order valence-corrected chi connectivity index (χ1v) is 5.96. The van der Waals surface area contributed by atoms with Crippen LogP contribution in [0.3, 0.4) is 0 Å². The Bertz CT molecular complexity index is 374. The van der Waals surface area contributed by atoms with Crippen molar-refractivity contribution in [2.24, 2.45) is 0 Å². The van der Waals surface area contributed by atoms with Crippen molar-refractivity contribution in [2.45, 2.75) is 49.0 Å². The molecule has 0 saturated carbocycles. The van der Waals surface area contributed by atoms with Crippen molar-refractivity contribution in [1.29, 1.82) is 0 Å². The maximum Gasteiger partial charge on any atom is 3.00 e. The van der Waals surface area contributed by atoms with Crippen molar-refractivity contribution in [2.75, 3.05) is 0 Å². The van der Waals surface area contributed by atoms with Gasteiger partial charge in [0.1, 0.15) is 0 Å². The summed E-state index contributed by atoms with van der Waals surface area (Å²) in [6.07, 6.45) is 3.17. The van der Waals surface area contributed by atoms with E-state index in [1.54, 1.807) is 0 Å². The molecule has 9 nitrogen and oxygen atoms in total. The van der Waals surface area contributed by atoms with Gasteiger partial charge in [0.25, 0.3) is 0 Å². The van der Waals surface area contributed by atoms with Gasteiger partial charge in [-0.15, -0.1) is 17.3 Å². The largest absolute Gasteiger partial charge is 3.00 e. The van der Waals surface area contributed by atoms with Gasteiger partial charge < -0.3 is 31.7 Å². The number of rotatable bonds is 3. The summed E-state index contributed by atoms with van der Waals surface area (Å²) in [5, 5.41) is 29.9. The molecule has 0 rings (SSSR count). The van der Waals surface area contributed by atoms with E-state index in [2.05, 4.69) is 0 Å². The van der Waals surface area contributed by atoms with Gasteiger partial charge in [0.2, 0.25) is 0 Å². The summed E-state index contributed by atoms with van der Waals surface area (Å²) in [5.41, 5.74) is 0. The Morgan fingerprint density at radius 3 is 0.654 bits per heavy atom. The molecule has 0 spiro atoms. The quantitative estimate of drug-likeness (QED) is 0.290. The number of carbonyl (C=O) groups is 3. The van der Waals surface area contributed by atoms with Crippen LogP contribution in [0.2, 0.25) is 0 Å². The van der Waals surface area contributed by atoms with Gasteiger partial charge in [0.05, 0.1) is 0 Å². The third kappa shape index (κ3) is 92.9. The van der Waals surface area contributed by atoms with Gasteiger partial charge in [0, 0.05) is 0 Å². The van der Waals surface area contributed by atoms with E-state index in [1.807, 2.05) is 0 Å². The molecule has 0 aliphatic rings. The molecule has 0 aromatic heterocycles. The van der Waals surface area contributed by atoms with E-state index in [0.717, 1.165) is 18.2 Å². The molecule has 158 valence electrons. The van der Waals surface area contributed by atoms with E-state index in [1.165, 1.54) is 41.5 Å². The molecule has 6 N–H and O–H groups in total. The first kappa shape index (κ1) is 49.8. The van der Waals surface area contributed by atoms with Gasteiger partial charge in [-0.05, 0) is 39.0 Å². The topological polar surface area (TPSA) is 215 Å². The van der Waals surface area contributed by atoms with E-state index < -0.39 is 0 Å². The maximum atomic E-state index is 9.98. The van der Waals surface area contributed by atoms with Crippen LogP contribution in [0.5, 0.6) is 0 Å². The van der Waals surface area contributed by atoms with Crippen LogP contribution in [0.25, 0.3) is 0 Å². The molecule has 0 heterocycles. The van der Waals surface area contributed by atoms with E-state index in [-0.39, 0.29) is 97.1 Å². The van der Waals surface area contributed by atoms with E-state index in [4.69, 9.17) is 0 Å². The van der Waals surface area contributed by atoms with Crippen LogP contribution in [-0.4, -0.2) is 33.8 Å². The monoisotopic (exact) mass is 526 g/mol. The Labute approximate surface area is 185 Å². The standard InChI is InChI=1S/3C5H8O2.CH4.3H2O.Tb/c3*1-4(6)3-5(2)7;;;;;/h3*3,6H,1-2H3;1H4;3*1H2;/q;;;;;;;+3/p-3. The molecule has 0 fully saturated rings. The molecule has 0 bridgehead atoms.